The van der Waals surface area contributed by atoms with E-state index in [1.807, 2.05) is 0 Å². The lowest BCUT2D eigenvalue weighted by Gasteiger charge is -2.33. The highest BCUT2D eigenvalue weighted by Crippen LogP contribution is 2.25. The summed E-state index contributed by atoms with van der Waals surface area (Å²) in [5, 5.41) is 11.8. The number of benzene rings is 1. The van der Waals surface area contributed by atoms with E-state index in [4.69, 9.17) is 9.15 Å². The highest BCUT2D eigenvalue weighted by Gasteiger charge is 2.26. The van der Waals surface area contributed by atoms with Crippen LogP contribution in [0.5, 0.6) is 5.75 Å². The Morgan fingerprint density at radius 3 is 2.85 bits per heavy atom. The molecule has 1 aromatic carbocycles. The maximum Gasteiger partial charge on any atom is 0.340 e. The van der Waals surface area contributed by atoms with Crippen molar-refractivity contribution in [1.82, 2.24) is 4.90 Å². The van der Waals surface area contributed by atoms with Gasteiger partial charge in [0.05, 0.1) is 19.1 Å². The van der Waals surface area contributed by atoms with Crippen molar-refractivity contribution in [3.8, 4) is 5.75 Å². The molecule has 0 N–H and O–H groups in total. The van der Waals surface area contributed by atoms with Gasteiger partial charge >= 0.3 is 5.63 Å². The summed E-state index contributed by atoms with van der Waals surface area (Å²) in [4.78, 5) is 37.5. The molecule has 0 radical (unpaired) electrons. The topological polar surface area (TPSA) is 99.9 Å². The molecule has 1 aromatic heterocycles. The van der Waals surface area contributed by atoms with Crippen LogP contribution in [-0.4, -0.2) is 37.0 Å². The number of fused-ring (bicyclic) bond motifs is 1. The average molecular weight is 358 g/mol. The summed E-state index contributed by atoms with van der Waals surface area (Å²) in [7, 11) is 1.53. The molecular weight excluding hydrogens is 338 g/mol. The van der Waals surface area contributed by atoms with Gasteiger partial charge in [-0.2, -0.15) is 0 Å². The van der Waals surface area contributed by atoms with E-state index in [0.29, 0.717) is 41.8 Å². The van der Waals surface area contributed by atoms with Gasteiger partial charge in [-0.15, -0.1) is 0 Å². The Morgan fingerprint density at radius 2 is 2.15 bits per heavy atom. The van der Waals surface area contributed by atoms with Crippen molar-refractivity contribution in [3.05, 3.63) is 39.7 Å². The number of rotatable bonds is 4. The predicted octanol–water partition coefficient (Wildman–Crippen LogP) is 0.641. The summed E-state index contributed by atoms with van der Waals surface area (Å²) in [6.07, 6.45) is 0.997. The zero-order valence-electron chi connectivity index (χ0n) is 14.7. The molecule has 0 bridgehead atoms. The molecule has 1 aliphatic rings. The molecule has 2 heterocycles. The molecule has 0 spiro atoms. The van der Waals surface area contributed by atoms with Crippen LogP contribution in [0.3, 0.4) is 0 Å². The molecule has 7 heteroatoms. The van der Waals surface area contributed by atoms with Crippen molar-refractivity contribution >= 4 is 22.8 Å². The number of hydrogen-bond donors (Lipinski definition) is 0. The van der Waals surface area contributed by atoms with Crippen LogP contribution in [0.1, 0.15) is 24.0 Å². The van der Waals surface area contributed by atoms with Gasteiger partial charge in [0, 0.05) is 36.4 Å². The van der Waals surface area contributed by atoms with E-state index in [1.165, 1.54) is 12.0 Å². The number of carboxylic acids is 1. The predicted molar refractivity (Wildman–Crippen MR) is 91.8 cm³/mol. The first-order valence-electron chi connectivity index (χ1n) is 8.49. The van der Waals surface area contributed by atoms with E-state index in [9.17, 15) is 19.5 Å². The lowest BCUT2D eigenvalue weighted by atomic mass is 9.97. The minimum atomic E-state index is -1.14. The fourth-order valence-electron chi connectivity index (χ4n) is 3.36. The Hall–Kier alpha value is -2.83. The van der Waals surface area contributed by atoms with Gasteiger partial charge in [0.2, 0.25) is 5.91 Å². The van der Waals surface area contributed by atoms with Gasteiger partial charge < -0.3 is 24.0 Å². The molecular formula is C19H20NO6-. The Morgan fingerprint density at radius 1 is 1.38 bits per heavy atom. The molecule has 1 saturated heterocycles. The smallest absolute Gasteiger partial charge is 0.340 e. The van der Waals surface area contributed by atoms with Gasteiger partial charge in [-0.3, -0.25) is 4.79 Å². The third kappa shape index (κ3) is 3.42. The normalized spacial score (nSPS) is 17.3. The van der Waals surface area contributed by atoms with Crippen LogP contribution in [0, 0.1) is 12.8 Å². The Labute approximate surface area is 150 Å². The lowest BCUT2D eigenvalue weighted by Crippen LogP contribution is -2.46. The zero-order valence-corrected chi connectivity index (χ0v) is 14.7. The Kier molecular flexibility index (Phi) is 4.97. The summed E-state index contributed by atoms with van der Waals surface area (Å²) in [5.41, 5.74) is 0.812. The van der Waals surface area contributed by atoms with Crippen LogP contribution < -0.4 is 15.5 Å². The third-order valence-corrected chi connectivity index (χ3v) is 4.93. The molecule has 1 atom stereocenters. The number of methoxy groups -OCH3 is 1. The first-order valence-corrected chi connectivity index (χ1v) is 8.49. The molecule has 1 fully saturated rings. The first kappa shape index (κ1) is 18.0. The number of aliphatic carboxylic acids is 1. The zero-order chi connectivity index (χ0) is 18.8. The highest BCUT2D eigenvalue weighted by molar-refractivity contribution is 5.85. The van der Waals surface area contributed by atoms with Gasteiger partial charge in [-0.05, 0) is 37.5 Å². The van der Waals surface area contributed by atoms with Crippen molar-refractivity contribution < 1.29 is 23.8 Å². The van der Waals surface area contributed by atoms with Crippen LogP contribution in [-0.2, 0) is 16.0 Å². The number of carbonyl (C=O) groups is 2. The van der Waals surface area contributed by atoms with Crippen LogP contribution in [0.15, 0.2) is 27.4 Å². The third-order valence-electron chi connectivity index (χ3n) is 4.93. The SMILES string of the molecule is COc1ccc2c(C)c(CC(=O)N3CCC[C@@H](C(=O)[O-])C3)c(=O)oc2c1. The Balaban J connectivity index is 1.87. The second-order valence-electron chi connectivity index (χ2n) is 6.53. The van der Waals surface area contributed by atoms with E-state index < -0.39 is 17.5 Å². The molecule has 26 heavy (non-hydrogen) atoms. The largest absolute Gasteiger partial charge is 0.550 e. The molecule has 0 saturated carbocycles. The van der Waals surface area contributed by atoms with Gasteiger partial charge in [0.15, 0.2) is 0 Å². The summed E-state index contributed by atoms with van der Waals surface area (Å²) < 4.78 is 10.5. The van der Waals surface area contributed by atoms with Gasteiger partial charge in [-0.25, -0.2) is 4.79 Å². The number of piperidine rings is 1. The summed E-state index contributed by atoms with van der Waals surface area (Å²) in [6.45, 7) is 2.38. The minimum Gasteiger partial charge on any atom is -0.550 e. The minimum absolute atomic E-state index is 0.115. The molecule has 7 nitrogen and oxygen atoms in total. The fourth-order valence-corrected chi connectivity index (χ4v) is 3.36. The van der Waals surface area contributed by atoms with E-state index in [-0.39, 0.29) is 18.9 Å². The van der Waals surface area contributed by atoms with Gasteiger partial charge in [-0.1, -0.05) is 0 Å². The van der Waals surface area contributed by atoms with E-state index in [2.05, 4.69) is 0 Å². The van der Waals surface area contributed by atoms with Crippen molar-refractivity contribution in [2.45, 2.75) is 26.2 Å². The summed E-state index contributed by atoms with van der Waals surface area (Å²) >= 11 is 0. The average Bonchev–Trinajstić information content (AvgIpc) is 2.64. The first-order chi connectivity index (χ1) is 12.4. The fraction of sp³-hybridized carbons (Fsp3) is 0.421. The molecule has 1 amide bonds. The van der Waals surface area contributed by atoms with Crippen molar-refractivity contribution in [1.29, 1.82) is 0 Å². The molecule has 0 aliphatic carbocycles. The van der Waals surface area contributed by atoms with Crippen molar-refractivity contribution in [2.24, 2.45) is 5.92 Å². The number of nitrogens with zero attached hydrogens (tertiary/aromatic N) is 1. The molecule has 3 rings (SSSR count). The maximum atomic E-state index is 12.6. The van der Waals surface area contributed by atoms with Gasteiger partial charge in [0.25, 0.3) is 0 Å². The van der Waals surface area contributed by atoms with Gasteiger partial charge in [0.1, 0.15) is 11.3 Å². The molecule has 0 unspecified atom stereocenters. The number of hydrogen-bond acceptors (Lipinski definition) is 6. The number of amides is 1. The van der Waals surface area contributed by atoms with E-state index >= 15 is 0 Å². The number of ether oxygens (including phenoxy) is 1. The van der Waals surface area contributed by atoms with Crippen LogP contribution in [0.2, 0.25) is 0 Å². The maximum absolute atomic E-state index is 12.6. The Bertz CT molecular complexity index is 916. The van der Waals surface area contributed by atoms with Crippen LogP contribution >= 0.6 is 0 Å². The quantitative estimate of drug-likeness (QED) is 0.744. The standard InChI is InChI=1S/C19H21NO6/c1-11-14-6-5-13(25-2)8-16(14)26-19(24)15(11)9-17(21)20-7-3-4-12(10-20)18(22)23/h5-6,8,12H,3-4,7,9-10H2,1-2H3,(H,22,23)/p-1/t12-/m1/s1. The van der Waals surface area contributed by atoms with Crippen molar-refractivity contribution in [3.63, 3.8) is 0 Å². The summed E-state index contributed by atoms with van der Waals surface area (Å²) in [5.74, 6) is -1.50. The van der Waals surface area contributed by atoms with E-state index in [0.717, 1.165) is 5.39 Å². The van der Waals surface area contributed by atoms with Crippen LogP contribution in [0.4, 0.5) is 0 Å². The molecule has 138 valence electrons. The van der Waals surface area contributed by atoms with Crippen LogP contribution in [0.25, 0.3) is 11.0 Å². The van der Waals surface area contributed by atoms with E-state index in [1.54, 1.807) is 25.1 Å². The number of carbonyl (C=O) groups excluding carboxylic acids is 2. The second-order valence-corrected chi connectivity index (χ2v) is 6.53. The second kappa shape index (κ2) is 7.19. The highest BCUT2D eigenvalue weighted by atomic mass is 16.5. The number of carboxylic acid groups (broad SMARTS) is 1. The lowest BCUT2D eigenvalue weighted by molar-refractivity contribution is -0.312. The number of aryl methyl sites for hydroxylation is 1. The molecule has 2 aromatic rings. The number of likely N-dealkylation sites (tertiary alicyclic amines) is 1. The van der Waals surface area contributed by atoms with Crippen molar-refractivity contribution in [2.75, 3.05) is 20.2 Å². The summed E-state index contributed by atoms with van der Waals surface area (Å²) in [6, 6.07) is 5.17. The molecule has 1 aliphatic heterocycles. The monoisotopic (exact) mass is 358 g/mol.